The Morgan fingerprint density at radius 1 is 0.917 bits per heavy atom. The minimum absolute atomic E-state index is 0.466. The van der Waals surface area contributed by atoms with E-state index in [-0.39, 0.29) is 0 Å². The lowest BCUT2D eigenvalue weighted by molar-refractivity contribution is 0.867. The molecule has 0 aliphatic carbocycles. The minimum Gasteiger partial charge on any atom is -0.339 e. The second-order valence-corrected chi connectivity index (χ2v) is 6.01. The molecule has 0 amide bonds. The predicted molar refractivity (Wildman–Crippen MR) is 98.1 cm³/mol. The van der Waals surface area contributed by atoms with Crippen molar-refractivity contribution in [1.82, 2.24) is 15.2 Å². The van der Waals surface area contributed by atoms with Crippen LogP contribution in [0.3, 0.4) is 0 Å². The van der Waals surface area contributed by atoms with Gasteiger partial charge in [0.25, 0.3) is 0 Å². The largest absolute Gasteiger partial charge is 0.339 e. The van der Waals surface area contributed by atoms with E-state index < -0.39 is 0 Å². The fourth-order valence-corrected chi connectivity index (χ4v) is 2.35. The van der Waals surface area contributed by atoms with E-state index >= 15 is 0 Å². The average molecular weight is 319 g/mol. The molecule has 122 valence electrons. The van der Waals surface area contributed by atoms with Crippen LogP contribution in [0.15, 0.2) is 54.7 Å². The molecule has 0 atom stereocenters. The molecule has 0 radical (unpaired) electrons. The van der Waals surface area contributed by atoms with Crippen molar-refractivity contribution in [2.45, 2.75) is 26.7 Å². The highest BCUT2D eigenvalue weighted by Crippen LogP contribution is 2.21. The number of nitrogens with one attached hydrogen (secondary N) is 2. The quantitative estimate of drug-likeness (QED) is 0.708. The molecule has 24 heavy (non-hydrogen) atoms. The SMILES string of the molecule is Cc1ccccc1Nc1nncc(Nc2ccc(C(C)C)cc2)n1. The number of rotatable bonds is 5. The summed E-state index contributed by atoms with van der Waals surface area (Å²) >= 11 is 0. The Morgan fingerprint density at radius 2 is 1.67 bits per heavy atom. The van der Waals surface area contributed by atoms with Crippen LogP contribution in [-0.2, 0) is 0 Å². The summed E-state index contributed by atoms with van der Waals surface area (Å²) < 4.78 is 0. The van der Waals surface area contributed by atoms with E-state index in [1.807, 2.05) is 43.3 Å². The Labute approximate surface area is 142 Å². The van der Waals surface area contributed by atoms with Crippen molar-refractivity contribution in [3.05, 3.63) is 65.9 Å². The van der Waals surface area contributed by atoms with E-state index in [1.54, 1.807) is 6.20 Å². The lowest BCUT2D eigenvalue weighted by Crippen LogP contribution is -2.03. The van der Waals surface area contributed by atoms with Gasteiger partial charge in [-0.2, -0.15) is 10.1 Å². The molecule has 0 aliphatic rings. The van der Waals surface area contributed by atoms with Gasteiger partial charge in [0.2, 0.25) is 5.95 Å². The molecule has 5 heteroatoms. The summed E-state index contributed by atoms with van der Waals surface area (Å²) in [6, 6.07) is 16.3. The molecule has 0 bridgehead atoms. The summed E-state index contributed by atoms with van der Waals surface area (Å²) in [7, 11) is 0. The Kier molecular flexibility index (Phi) is 4.70. The Bertz CT molecular complexity index is 812. The smallest absolute Gasteiger partial charge is 0.249 e. The van der Waals surface area contributed by atoms with Gasteiger partial charge in [0, 0.05) is 11.4 Å². The molecular formula is C19H21N5. The van der Waals surface area contributed by atoms with E-state index in [1.165, 1.54) is 5.56 Å². The molecule has 0 unspecified atom stereocenters. The first kappa shape index (κ1) is 15.9. The van der Waals surface area contributed by atoms with Crippen LogP contribution < -0.4 is 10.6 Å². The van der Waals surface area contributed by atoms with Gasteiger partial charge < -0.3 is 10.6 Å². The molecule has 2 aromatic carbocycles. The Hall–Kier alpha value is -2.95. The van der Waals surface area contributed by atoms with Crippen molar-refractivity contribution in [3.8, 4) is 0 Å². The minimum atomic E-state index is 0.466. The summed E-state index contributed by atoms with van der Waals surface area (Å²) in [5.74, 6) is 1.64. The van der Waals surface area contributed by atoms with Gasteiger partial charge in [-0.05, 0) is 42.2 Å². The number of hydrogen-bond donors (Lipinski definition) is 2. The standard InChI is InChI=1S/C19H21N5/c1-13(2)15-8-10-16(11-9-15)21-18-12-20-24-19(23-18)22-17-7-5-4-6-14(17)3/h4-13H,1-3H3,(H2,21,22,23,24). The summed E-state index contributed by atoms with van der Waals surface area (Å²) in [4.78, 5) is 4.47. The van der Waals surface area contributed by atoms with Gasteiger partial charge in [-0.3, -0.25) is 0 Å². The normalized spacial score (nSPS) is 10.7. The van der Waals surface area contributed by atoms with Gasteiger partial charge in [0.15, 0.2) is 5.82 Å². The number of aryl methyl sites for hydroxylation is 1. The lowest BCUT2D eigenvalue weighted by Gasteiger charge is -2.10. The maximum atomic E-state index is 4.47. The number of anilines is 4. The zero-order valence-corrected chi connectivity index (χ0v) is 14.1. The topological polar surface area (TPSA) is 62.7 Å². The molecule has 3 rings (SSSR count). The van der Waals surface area contributed by atoms with Crippen molar-refractivity contribution < 1.29 is 0 Å². The van der Waals surface area contributed by atoms with Crippen molar-refractivity contribution in [1.29, 1.82) is 0 Å². The Morgan fingerprint density at radius 3 is 2.38 bits per heavy atom. The van der Waals surface area contributed by atoms with Gasteiger partial charge in [0.1, 0.15) is 0 Å². The molecule has 2 N–H and O–H groups in total. The monoisotopic (exact) mass is 319 g/mol. The van der Waals surface area contributed by atoms with Crippen LogP contribution in [0.25, 0.3) is 0 Å². The first-order valence-electron chi connectivity index (χ1n) is 8.01. The van der Waals surface area contributed by atoms with E-state index in [4.69, 9.17) is 0 Å². The molecule has 0 spiro atoms. The van der Waals surface area contributed by atoms with Gasteiger partial charge in [-0.25, -0.2) is 0 Å². The zero-order chi connectivity index (χ0) is 16.9. The zero-order valence-electron chi connectivity index (χ0n) is 14.1. The molecular weight excluding hydrogens is 298 g/mol. The van der Waals surface area contributed by atoms with Crippen molar-refractivity contribution in [2.24, 2.45) is 0 Å². The highest BCUT2D eigenvalue weighted by atomic mass is 15.3. The summed E-state index contributed by atoms with van der Waals surface area (Å²) in [5.41, 5.74) is 4.38. The Balaban J connectivity index is 1.74. The third-order valence-corrected chi connectivity index (χ3v) is 3.80. The fraction of sp³-hybridized carbons (Fsp3) is 0.211. The van der Waals surface area contributed by atoms with Crippen LogP contribution in [0.5, 0.6) is 0 Å². The van der Waals surface area contributed by atoms with Crippen molar-refractivity contribution in [3.63, 3.8) is 0 Å². The molecule has 0 aliphatic heterocycles. The third kappa shape index (κ3) is 3.87. The maximum Gasteiger partial charge on any atom is 0.249 e. The van der Waals surface area contributed by atoms with Gasteiger partial charge >= 0.3 is 0 Å². The average Bonchev–Trinajstić information content (AvgIpc) is 2.58. The number of aromatic nitrogens is 3. The molecule has 0 saturated heterocycles. The molecule has 1 aromatic heterocycles. The summed E-state index contributed by atoms with van der Waals surface area (Å²) in [6.07, 6.45) is 1.61. The van der Waals surface area contributed by atoms with Crippen molar-refractivity contribution >= 4 is 23.1 Å². The first-order chi connectivity index (χ1) is 11.6. The highest BCUT2D eigenvalue weighted by Gasteiger charge is 2.04. The van der Waals surface area contributed by atoms with Crippen LogP contribution in [-0.4, -0.2) is 15.2 Å². The molecule has 5 nitrogen and oxygen atoms in total. The summed E-state index contributed by atoms with van der Waals surface area (Å²) in [6.45, 7) is 6.40. The number of hydrogen-bond acceptors (Lipinski definition) is 5. The van der Waals surface area contributed by atoms with Crippen molar-refractivity contribution in [2.75, 3.05) is 10.6 Å². The third-order valence-electron chi connectivity index (χ3n) is 3.80. The summed E-state index contributed by atoms with van der Waals surface area (Å²) in [5, 5.41) is 14.5. The second kappa shape index (κ2) is 7.08. The van der Waals surface area contributed by atoms with Gasteiger partial charge in [-0.1, -0.05) is 44.2 Å². The molecule has 1 heterocycles. The molecule has 0 fully saturated rings. The fourth-order valence-electron chi connectivity index (χ4n) is 2.35. The maximum absolute atomic E-state index is 4.47. The van der Waals surface area contributed by atoms with Crippen LogP contribution >= 0.6 is 0 Å². The number of para-hydroxylation sites is 1. The second-order valence-electron chi connectivity index (χ2n) is 6.01. The van der Waals surface area contributed by atoms with E-state index in [0.29, 0.717) is 17.7 Å². The van der Waals surface area contributed by atoms with Gasteiger partial charge in [0.05, 0.1) is 6.20 Å². The number of benzene rings is 2. The van der Waals surface area contributed by atoms with E-state index in [0.717, 1.165) is 16.9 Å². The van der Waals surface area contributed by atoms with Gasteiger partial charge in [-0.15, -0.1) is 5.10 Å². The highest BCUT2D eigenvalue weighted by molar-refractivity contribution is 5.60. The first-order valence-corrected chi connectivity index (χ1v) is 8.01. The van der Waals surface area contributed by atoms with Crippen LogP contribution in [0.4, 0.5) is 23.1 Å². The van der Waals surface area contributed by atoms with E-state index in [9.17, 15) is 0 Å². The molecule has 0 saturated carbocycles. The van der Waals surface area contributed by atoms with Crippen LogP contribution in [0.1, 0.15) is 30.9 Å². The number of nitrogens with zero attached hydrogens (tertiary/aromatic N) is 3. The van der Waals surface area contributed by atoms with E-state index in [2.05, 4.69) is 51.8 Å². The lowest BCUT2D eigenvalue weighted by atomic mass is 10.0. The molecule has 3 aromatic rings. The van der Waals surface area contributed by atoms with Crippen LogP contribution in [0.2, 0.25) is 0 Å². The van der Waals surface area contributed by atoms with Crippen LogP contribution in [0, 0.1) is 6.92 Å². The predicted octanol–water partition coefficient (Wildman–Crippen LogP) is 4.79.